The molecule has 1 aromatic carbocycles. The Kier molecular flexibility index (Phi) is 2.85. The van der Waals surface area contributed by atoms with E-state index in [0.717, 1.165) is 26.1 Å². The van der Waals surface area contributed by atoms with Crippen molar-refractivity contribution in [3.8, 4) is 0 Å². The summed E-state index contributed by atoms with van der Waals surface area (Å²) in [5.74, 6) is 0. The number of aryl methyl sites for hydroxylation is 1. The molecule has 0 bridgehead atoms. The highest BCUT2D eigenvalue weighted by Gasteiger charge is 2.18. The maximum absolute atomic E-state index is 5.86. The lowest BCUT2D eigenvalue weighted by Crippen LogP contribution is -2.26. The number of hydrogen-bond donors (Lipinski definition) is 1. The molecule has 14 heavy (non-hydrogen) atoms. The lowest BCUT2D eigenvalue weighted by molar-refractivity contribution is 0.327. The van der Waals surface area contributed by atoms with Crippen molar-refractivity contribution in [3.63, 3.8) is 0 Å². The number of hydrogen-bond acceptors (Lipinski definition) is 2. The molecule has 0 aromatic heterocycles. The molecule has 1 fully saturated rings. The van der Waals surface area contributed by atoms with Crippen molar-refractivity contribution in [2.75, 3.05) is 13.1 Å². The van der Waals surface area contributed by atoms with Gasteiger partial charge in [-0.2, -0.15) is 0 Å². The zero-order valence-electron chi connectivity index (χ0n) is 8.74. The summed E-state index contributed by atoms with van der Waals surface area (Å²) < 4.78 is 0. The second-order valence-electron chi connectivity index (χ2n) is 4.27. The molecule has 1 aliphatic rings. The predicted molar refractivity (Wildman–Crippen MR) is 59.0 cm³/mol. The van der Waals surface area contributed by atoms with E-state index in [1.165, 1.54) is 11.1 Å². The Morgan fingerprint density at radius 3 is 2.64 bits per heavy atom. The van der Waals surface area contributed by atoms with Crippen LogP contribution in [0.1, 0.15) is 17.5 Å². The van der Waals surface area contributed by atoms with Gasteiger partial charge in [0.25, 0.3) is 0 Å². The number of likely N-dealkylation sites (tertiary alicyclic amines) is 1. The molecule has 1 saturated heterocycles. The van der Waals surface area contributed by atoms with Crippen molar-refractivity contribution in [2.45, 2.75) is 25.9 Å². The molecule has 0 unspecified atom stereocenters. The van der Waals surface area contributed by atoms with Gasteiger partial charge in [0.1, 0.15) is 0 Å². The molecule has 1 aromatic rings. The van der Waals surface area contributed by atoms with Gasteiger partial charge in [-0.25, -0.2) is 0 Å². The van der Waals surface area contributed by atoms with Crippen LogP contribution in [0.25, 0.3) is 0 Å². The highest BCUT2D eigenvalue weighted by atomic mass is 15.2. The quantitative estimate of drug-likeness (QED) is 0.766. The van der Waals surface area contributed by atoms with Crippen molar-refractivity contribution in [3.05, 3.63) is 35.4 Å². The molecule has 0 aliphatic carbocycles. The molecule has 2 nitrogen and oxygen atoms in total. The van der Waals surface area contributed by atoms with Crippen LogP contribution in [0.2, 0.25) is 0 Å². The summed E-state index contributed by atoms with van der Waals surface area (Å²) >= 11 is 0. The van der Waals surface area contributed by atoms with E-state index >= 15 is 0 Å². The second kappa shape index (κ2) is 4.11. The number of rotatable bonds is 2. The molecule has 1 aliphatic heterocycles. The Labute approximate surface area is 85.7 Å². The lowest BCUT2D eigenvalue weighted by atomic mass is 10.1. The van der Waals surface area contributed by atoms with Gasteiger partial charge in [0.05, 0.1) is 0 Å². The summed E-state index contributed by atoms with van der Waals surface area (Å²) in [5, 5.41) is 0. The zero-order valence-corrected chi connectivity index (χ0v) is 8.74. The van der Waals surface area contributed by atoms with E-state index < -0.39 is 0 Å². The van der Waals surface area contributed by atoms with Crippen LogP contribution in [-0.4, -0.2) is 24.0 Å². The minimum Gasteiger partial charge on any atom is -0.326 e. The van der Waals surface area contributed by atoms with E-state index in [1.807, 2.05) is 0 Å². The zero-order chi connectivity index (χ0) is 9.97. The minimum atomic E-state index is 0.389. The second-order valence-corrected chi connectivity index (χ2v) is 4.27. The summed E-state index contributed by atoms with van der Waals surface area (Å²) in [6.07, 6.45) is 1.14. The Morgan fingerprint density at radius 1 is 1.36 bits per heavy atom. The van der Waals surface area contributed by atoms with Crippen molar-refractivity contribution >= 4 is 0 Å². The first-order valence-corrected chi connectivity index (χ1v) is 5.27. The standard InChI is InChI=1S/C12H18N2/c1-10-2-4-11(5-3-10)8-14-7-6-12(13)9-14/h2-5,12H,6-9,13H2,1H3/t12-/m1/s1. The first kappa shape index (κ1) is 9.69. The molecule has 2 heteroatoms. The third-order valence-electron chi connectivity index (χ3n) is 2.84. The van der Waals surface area contributed by atoms with Crippen LogP contribution in [0.5, 0.6) is 0 Å². The van der Waals surface area contributed by atoms with Gasteiger partial charge in [-0.15, -0.1) is 0 Å². The summed E-state index contributed by atoms with van der Waals surface area (Å²) in [5.41, 5.74) is 8.58. The van der Waals surface area contributed by atoms with Crippen molar-refractivity contribution in [1.82, 2.24) is 4.90 Å². The third kappa shape index (κ3) is 2.34. The lowest BCUT2D eigenvalue weighted by Gasteiger charge is -2.14. The van der Waals surface area contributed by atoms with Gasteiger partial charge in [0.15, 0.2) is 0 Å². The Hall–Kier alpha value is -0.860. The maximum atomic E-state index is 5.86. The molecule has 76 valence electrons. The van der Waals surface area contributed by atoms with Gasteiger partial charge >= 0.3 is 0 Å². The first-order valence-electron chi connectivity index (χ1n) is 5.27. The third-order valence-corrected chi connectivity index (χ3v) is 2.84. The SMILES string of the molecule is Cc1ccc(CN2CC[C@@H](N)C2)cc1. The van der Waals surface area contributed by atoms with Crippen molar-refractivity contribution in [2.24, 2.45) is 5.73 Å². The number of nitrogens with two attached hydrogens (primary N) is 1. The van der Waals surface area contributed by atoms with Crippen LogP contribution in [0.4, 0.5) is 0 Å². The smallest absolute Gasteiger partial charge is 0.0234 e. The van der Waals surface area contributed by atoms with Crippen LogP contribution in [0, 0.1) is 6.92 Å². The Balaban J connectivity index is 1.94. The highest BCUT2D eigenvalue weighted by Crippen LogP contribution is 2.12. The topological polar surface area (TPSA) is 29.3 Å². The van der Waals surface area contributed by atoms with Crippen LogP contribution >= 0.6 is 0 Å². The normalized spacial score (nSPS) is 22.9. The molecular formula is C12H18N2. The number of benzene rings is 1. The molecule has 0 saturated carbocycles. The molecule has 2 rings (SSSR count). The average molecular weight is 190 g/mol. The fraction of sp³-hybridized carbons (Fsp3) is 0.500. The summed E-state index contributed by atoms with van der Waals surface area (Å²) in [4.78, 5) is 2.43. The average Bonchev–Trinajstić information content (AvgIpc) is 2.56. The molecule has 1 atom stereocenters. The van der Waals surface area contributed by atoms with Crippen LogP contribution in [0.15, 0.2) is 24.3 Å². The Bertz CT molecular complexity index is 292. The number of nitrogens with zero attached hydrogens (tertiary/aromatic N) is 1. The Morgan fingerprint density at radius 2 is 2.07 bits per heavy atom. The van der Waals surface area contributed by atoms with Crippen molar-refractivity contribution in [1.29, 1.82) is 0 Å². The van der Waals surface area contributed by atoms with E-state index in [4.69, 9.17) is 5.73 Å². The summed E-state index contributed by atoms with van der Waals surface area (Å²) in [6, 6.07) is 9.15. The molecular weight excluding hydrogens is 172 g/mol. The summed E-state index contributed by atoms with van der Waals surface area (Å²) in [7, 11) is 0. The van der Waals surface area contributed by atoms with E-state index in [2.05, 4.69) is 36.1 Å². The van der Waals surface area contributed by atoms with Crippen LogP contribution in [0.3, 0.4) is 0 Å². The monoisotopic (exact) mass is 190 g/mol. The van der Waals surface area contributed by atoms with Gasteiger partial charge < -0.3 is 5.73 Å². The van der Waals surface area contributed by atoms with Crippen molar-refractivity contribution < 1.29 is 0 Å². The largest absolute Gasteiger partial charge is 0.326 e. The first-order chi connectivity index (χ1) is 6.74. The van der Waals surface area contributed by atoms with Gasteiger partial charge in [-0.1, -0.05) is 29.8 Å². The molecule has 0 spiro atoms. The van der Waals surface area contributed by atoms with Gasteiger partial charge in [0.2, 0.25) is 0 Å². The fourth-order valence-electron chi connectivity index (χ4n) is 1.96. The van der Waals surface area contributed by atoms with Crippen LogP contribution < -0.4 is 5.73 Å². The van der Waals surface area contributed by atoms with E-state index in [0.29, 0.717) is 6.04 Å². The van der Waals surface area contributed by atoms with Crippen LogP contribution in [-0.2, 0) is 6.54 Å². The van der Waals surface area contributed by atoms with E-state index in [-0.39, 0.29) is 0 Å². The maximum Gasteiger partial charge on any atom is 0.0234 e. The highest BCUT2D eigenvalue weighted by molar-refractivity contribution is 5.21. The molecule has 2 N–H and O–H groups in total. The fourth-order valence-corrected chi connectivity index (χ4v) is 1.96. The minimum absolute atomic E-state index is 0.389. The van der Waals surface area contributed by atoms with Gasteiger partial charge in [-0.05, 0) is 18.9 Å². The summed E-state index contributed by atoms with van der Waals surface area (Å²) in [6.45, 7) is 5.37. The predicted octanol–water partition coefficient (Wildman–Crippen LogP) is 1.53. The molecule has 0 radical (unpaired) electrons. The van der Waals surface area contributed by atoms with E-state index in [1.54, 1.807) is 0 Å². The van der Waals surface area contributed by atoms with Gasteiger partial charge in [-0.3, -0.25) is 4.90 Å². The van der Waals surface area contributed by atoms with Gasteiger partial charge in [0, 0.05) is 25.7 Å². The molecule has 0 amide bonds. The van der Waals surface area contributed by atoms with E-state index in [9.17, 15) is 0 Å². The molecule has 1 heterocycles.